The van der Waals surface area contributed by atoms with Crippen LogP contribution in [-0.4, -0.2) is 22.4 Å². The molecule has 2 heterocycles. The lowest BCUT2D eigenvalue weighted by atomic mass is 10.1. The van der Waals surface area contributed by atoms with Gasteiger partial charge in [-0.1, -0.05) is 29.8 Å². The Bertz CT molecular complexity index is 1020. The minimum atomic E-state index is -0.990. The topological polar surface area (TPSA) is 85.2 Å². The zero-order valence-corrected chi connectivity index (χ0v) is 15.2. The molecule has 0 radical (unpaired) electrons. The van der Waals surface area contributed by atoms with E-state index in [9.17, 15) is 14.9 Å². The second-order valence-corrected chi connectivity index (χ2v) is 6.19. The van der Waals surface area contributed by atoms with Gasteiger partial charge >= 0.3 is 5.97 Å². The van der Waals surface area contributed by atoms with Gasteiger partial charge in [-0.15, -0.1) is 0 Å². The summed E-state index contributed by atoms with van der Waals surface area (Å²) in [6.45, 7) is 5.01. The van der Waals surface area contributed by atoms with E-state index >= 15 is 0 Å². The second-order valence-electron chi connectivity index (χ2n) is 6.19. The van der Waals surface area contributed by atoms with Crippen molar-refractivity contribution < 1.29 is 18.7 Å². The molecule has 3 rings (SSSR count). The molecule has 2 aromatic heterocycles. The molecule has 0 amide bonds. The maximum atomic E-state index is 12.6. The SMILES string of the molecule is Cc1ccc(C(=O)[C@H](C)OC(=O)c2c(C)oc(-n3cccc3)c2C#N)cc1. The number of furan rings is 1. The highest BCUT2D eigenvalue weighted by molar-refractivity contribution is 6.02. The average molecular weight is 362 g/mol. The monoisotopic (exact) mass is 362 g/mol. The van der Waals surface area contributed by atoms with Gasteiger partial charge in [0, 0.05) is 18.0 Å². The molecule has 0 saturated heterocycles. The number of hydrogen-bond donors (Lipinski definition) is 0. The Morgan fingerprint density at radius 1 is 1.15 bits per heavy atom. The van der Waals surface area contributed by atoms with E-state index in [0.717, 1.165) is 5.56 Å². The number of carbonyl (C=O) groups excluding carboxylic acids is 2. The number of hydrogen-bond acceptors (Lipinski definition) is 5. The van der Waals surface area contributed by atoms with E-state index in [-0.39, 0.29) is 28.6 Å². The number of esters is 1. The van der Waals surface area contributed by atoms with Crippen LogP contribution in [0, 0.1) is 25.2 Å². The number of carbonyl (C=O) groups is 2. The summed E-state index contributed by atoms with van der Waals surface area (Å²) in [5, 5.41) is 9.51. The molecule has 0 spiro atoms. The minimum absolute atomic E-state index is 0.0322. The molecule has 0 unspecified atom stereocenters. The molecule has 6 nitrogen and oxygen atoms in total. The van der Waals surface area contributed by atoms with Gasteiger partial charge in [-0.3, -0.25) is 9.36 Å². The maximum Gasteiger partial charge on any atom is 0.343 e. The van der Waals surface area contributed by atoms with Gasteiger partial charge in [0.05, 0.1) is 0 Å². The molecule has 0 fully saturated rings. The standard InChI is InChI=1S/C21H18N2O4/c1-13-6-8-16(9-7-13)19(24)15(3)27-21(25)18-14(2)26-20(17(18)12-22)23-10-4-5-11-23/h4-11,15H,1-3H3/t15-/m0/s1. The molecule has 1 aromatic carbocycles. The molecular formula is C21H18N2O4. The summed E-state index contributed by atoms with van der Waals surface area (Å²) in [5.41, 5.74) is 1.59. The molecular weight excluding hydrogens is 344 g/mol. The zero-order chi connectivity index (χ0) is 19.6. The van der Waals surface area contributed by atoms with Gasteiger partial charge in [-0.25, -0.2) is 4.79 Å². The van der Waals surface area contributed by atoms with Crippen molar-refractivity contribution in [1.29, 1.82) is 5.26 Å². The van der Waals surface area contributed by atoms with Crippen LogP contribution in [0.3, 0.4) is 0 Å². The fourth-order valence-corrected chi connectivity index (χ4v) is 2.76. The van der Waals surface area contributed by atoms with E-state index in [2.05, 4.69) is 0 Å². The first kappa shape index (κ1) is 18.2. The van der Waals surface area contributed by atoms with Gasteiger partial charge in [0.15, 0.2) is 6.10 Å². The van der Waals surface area contributed by atoms with E-state index in [0.29, 0.717) is 5.56 Å². The summed E-state index contributed by atoms with van der Waals surface area (Å²) in [6, 6.07) is 12.6. The molecule has 27 heavy (non-hydrogen) atoms. The lowest BCUT2D eigenvalue weighted by molar-refractivity contribution is 0.0317. The predicted octanol–water partition coefficient (Wildman–Crippen LogP) is 3.99. The fraction of sp³-hybridized carbons (Fsp3) is 0.190. The lowest BCUT2D eigenvalue weighted by Crippen LogP contribution is -2.25. The molecule has 3 aromatic rings. The first-order valence-corrected chi connectivity index (χ1v) is 8.41. The second kappa shape index (κ2) is 7.34. The number of aromatic nitrogens is 1. The van der Waals surface area contributed by atoms with E-state index in [1.807, 2.05) is 25.1 Å². The molecule has 0 aliphatic carbocycles. The Hall–Kier alpha value is -3.59. The van der Waals surface area contributed by atoms with Crippen LogP contribution < -0.4 is 0 Å². The van der Waals surface area contributed by atoms with Crippen molar-refractivity contribution in [2.24, 2.45) is 0 Å². The van der Waals surface area contributed by atoms with Gasteiger partial charge in [0.1, 0.15) is 23.0 Å². The summed E-state index contributed by atoms with van der Waals surface area (Å²) < 4.78 is 12.5. The predicted molar refractivity (Wildman–Crippen MR) is 97.9 cm³/mol. The molecule has 0 saturated carbocycles. The number of nitriles is 1. The van der Waals surface area contributed by atoms with E-state index in [1.165, 1.54) is 6.92 Å². The summed E-state index contributed by atoms with van der Waals surface area (Å²) in [4.78, 5) is 25.1. The van der Waals surface area contributed by atoms with Crippen LogP contribution in [0.1, 0.15) is 44.5 Å². The molecule has 136 valence electrons. The van der Waals surface area contributed by atoms with Crippen molar-refractivity contribution in [3.05, 3.63) is 76.8 Å². The number of benzene rings is 1. The fourth-order valence-electron chi connectivity index (χ4n) is 2.76. The highest BCUT2D eigenvalue weighted by atomic mass is 16.5. The van der Waals surface area contributed by atoms with Crippen molar-refractivity contribution in [2.45, 2.75) is 26.9 Å². The van der Waals surface area contributed by atoms with Gasteiger partial charge in [0.25, 0.3) is 0 Å². The first-order valence-electron chi connectivity index (χ1n) is 8.41. The average Bonchev–Trinajstić information content (AvgIpc) is 3.28. The van der Waals surface area contributed by atoms with Crippen molar-refractivity contribution in [2.75, 3.05) is 0 Å². The van der Waals surface area contributed by atoms with Gasteiger partial charge in [0.2, 0.25) is 11.7 Å². The van der Waals surface area contributed by atoms with Crippen LogP contribution in [0.5, 0.6) is 0 Å². The Kier molecular flexibility index (Phi) is 4.95. The third-order valence-corrected chi connectivity index (χ3v) is 4.21. The van der Waals surface area contributed by atoms with Gasteiger partial charge < -0.3 is 9.15 Å². The third-order valence-electron chi connectivity index (χ3n) is 4.21. The number of aryl methyl sites for hydroxylation is 2. The number of nitrogens with zero attached hydrogens (tertiary/aromatic N) is 2. The number of ether oxygens (including phenoxy) is 1. The normalized spacial score (nSPS) is 11.6. The summed E-state index contributed by atoms with van der Waals surface area (Å²) >= 11 is 0. The van der Waals surface area contributed by atoms with Gasteiger partial charge in [-0.2, -0.15) is 5.26 Å². The maximum absolute atomic E-state index is 12.6. The molecule has 0 bridgehead atoms. The summed E-state index contributed by atoms with van der Waals surface area (Å²) in [5.74, 6) is -0.576. The Labute approximate surface area is 156 Å². The van der Waals surface area contributed by atoms with Gasteiger partial charge in [-0.05, 0) is 32.9 Å². The van der Waals surface area contributed by atoms with Crippen LogP contribution in [0.15, 0.2) is 53.2 Å². The Morgan fingerprint density at radius 3 is 2.37 bits per heavy atom. The number of rotatable bonds is 5. The van der Waals surface area contributed by atoms with E-state index in [1.54, 1.807) is 48.1 Å². The van der Waals surface area contributed by atoms with Crippen LogP contribution in [0.25, 0.3) is 5.88 Å². The number of Topliss-reactive ketones (excluding diaryl/α,β-unsaturated/α-hetero) is 1. The van der Waals surface area contributed by atoms with Crippen LogP contribution in [-0.2, 0) is 4.74 Å². The highest BCUT2D eigenvalue weighted by Gasteiger charge is 2.28. The summed E-state index contributed by atoms with van der Waals surface area (Å²) in [6.07, 6.45) is 2.42. The van der Waals surface area contributed by atoms with Crippen molar-refractivity contribution >= 4 is 11.8 Å². The minimum Gasteiger partial charge on any atom is -0.451 e. The highest BCUT2D eigenvalue weighted by Crippen LogP contribution is 2.26. The van der Waals surface area contributed by atoms with E-state index < -0.39 is 12.1 Å². The summed E-state index contributed by atoms with van der Waals surface area (Å²) in [7, 11) is 0. The molecule has 6 heteroatoms. The number of ketones is 1. The van der Waals surface area contributed by atoms with Crippen molar-refractivity contribution in [1.82, 2.24) is 4.57 Å². The third kappa shape index (κ3) is 3.53. The van der Waals surface area contributed by atoms with Crippen LogP contribution >= 0.6 is 0 Å². The van der Waals surface area contributed by atoms with Crippen molar-refractivity contribution in [3.8, 4) is 12.0 Å². The van der Waals surface area contributed by atoms with Crippen LogP contribution in [0.2, 0.25) is 0 Å². The smallest absolute Gasteiger partial charge is 0.343 e. The Balaban J connectivity index is 1.85. The molecule has 0 aliphatic rings. The quantitative estimate of drug-likeness (QED) is 0.506. The molecule has 0 N–H and O–H groups in total. The zero-order valence-electron chi connectivity index (χ0n) is 15.2. The van der Waals surface area contributed by atoms with Crippen LogP contribution in [0.4, 0.5) is 0 Å². The first-order chi connectivity index (χ1) is 12.9. The Morgan fingerprint density at radius 2 is 1.78 bits per heavy atom. The molecule has 1 atom stereocenters. The largest absolute Gasteiger partial charge is 0.451 e. The van der Waals surface area contributed by atoms with Crippen molar-refractivity contribution in [3.63, 3.8) is 0 Å². The van der Waals surface area contributed by atoms with E-state index in [4.69, 9.17) is 9.15 Å². The lowest BCUT2D eigenvalue weighted by Gasteiger charge is -2.12. The molecule has 0 aliphatic heterocycles.